The smallest absolute Gasteiger partial charge is 0.267 e. The van der Waals surface area contributed by atoms with Crippen LogP contribution in [0.4, 0.5) is 5.69 Å². The Labute approximate surface area is 150 Å². The van der Waals surface area contributed by atoms with Crippen LogP contribution in [0.3, 0.4) is 0 Å². The lowest BCUT2D eigenvalue weighted by Gasteiger charge is -2.25. The molecule has 0 aliphatic rings. The summed E-state index contributed by atoms with van der Waals surface area (Å²) in [6.45, 7) is 11.9. The van der Waals surface area contributed by atoms with Gasteiger partial charge in [-0.2, -0.15) is 5.26 Å². The van der Waals surface area contributed by atoms with Gasteiger partial charge in [-0.05, 0) is 36.5 Å². The molecular weight excluding hydrogens is 322 g/mol. The van der Waals surface area contributed by atoms with Crippen LogP contribution in [0.1, 0.15) is 33.3 Å². The molecule has 0 bridgehead atoms. The number of benzene rings is 1. The summed E-state index contributed by atoms with van der Waals surface area (Å²) in [5.74, 6) is 0.469. The molecular formula is C19H26ClN3O. The van der Waals surface area contributed by atoms with Crippen molar-refractivity contribution in [3.05, 3.63) is 40.6 Å². The Hall–Kier alpha value is -1.99. The number of halogens is 1. The van der Waals surface area contributed by atoms with Crippen molar-refractivity contribution in [1.29, 1.82) is 5.26 Å². The minimum Gasteiger partial charge on any atom is -0.376 e. The van der Waals surface area contributed by atoms with Gasteiger partial charge in [-0.15, -0.1) is 0 Å². The number of nitrogens with one attached hydrogen (secondary N) is 1. The highest BCUT2D eigenvalue weighted by Gasteiger charge is 2.14. The number of hydrogen-bond acceptors (Lipinski definition) is 3. The highest BCUT2D eigenvalue weighted by Crippen LogP contribution is 2.20. The molecule has 0 aliphatic heterocycles. The van der Waals surface area contributed by atoms with Crippen molar-refractivity contribution < 1.29 is 4.79 Å². The predicted octanol–water partition coefficient (Wildman–Crippen LogP) is 4.61. The average Bonchev–Trinajstić information content (AvgIpc) is 2.47. The fraction of sp³-hybridized carbons (Fsp3) is 0.474. The first-order chi connectivity index (χ1) is 11.2. The zero-order chi connectivity index (χ0) is 18.3. The molecule has 24 heavy (non-hydrogen) atoms. The number of nitrogens with zero attached hydrogens (tertiary/aromatic N) is 2. The zero-order valence-electron chi connectivity index (χ0n) is 15.1. The molecule has 0 spiro atoms. The molecule has 0 saturated heterocycles. The largest absolute Gasteiger partial charge is 0.376 e. The van der Waals surface area contributed by atoms with Gasteiger partial charge in [-0.3, -0.25) is 4.79 Å². The first-order valence-corrected chi connectivity index (χ1v) is 8.54. The van der Waals surface area contributed by atoms with Gasteiger partial charge in [0.05, 0.1) is 0 Å². The number of carbonyl (C=O) groups is 1. The van der Waals surface area contributed by atoms with Gasteiger partial charge >= 0.3 is 0 Å². The summed E-state index contributed by atoms with van der Waals surface area (Å²) in [6.07, 6.45) is 1.66. The van der Waals surface area contributed by atoms with Crippen molar-refractivity contribution in [3.63, 3.8) is 0 Å². The standard InChI is InChI=1S/C19H26ClN3O/c1-13(2)10-23(11-14(3)4)12-16(9-21)19(24)22-18-8-17(20)7-6-15(18)5/h6-8,12-14H,10-11H2,1-5H3,(H,22,24)/b16-12-. The molecule has 0 saturated carbocycles. The van der Waals surface area contributed by atoms with Gasteiger partial charge < -0.3 is 10.2 Å². The first kappa shape index (κ1) is 20.1. The number of anilines is 1. The van der Waals surface area contributed by atoms with Gasteiger partial charge in [0.1, 0.15) is 11.6 Å². The second-order valence-corrected chi connectivity index (χ2v) is 7.25. The molecule has 0 radical (unpaired) electrons. The van der Waals surface area contributed by atoms with Crippen molar-refractivity contribution in [1.82, 2.24) is 4.90 Å². The average molecular weight is 348 g/mol. The lowest BCUT2D eigenvalue weighted by Crippen LogP contribution is -2.28. The number of rotatable bonds is 7. The van der Waals surface area contributed by atoms with E-state index in [9.17, 15) is 10.1 Å². The Morgan fingerprint density at radius 1 is 1.29 bits per heavy atom. The van der Waals surface area contributed by atoms with Crippen LogP contribution in [0.15, 0.2) is 30.0 Å². The molecule has 1 aromatic carbocycles. The van der Waals surface area contributed by atoms with E-state index < -0.39 is 5.91 Å². The molecule has 0 aromatic heterocycles. The van der Waals surface area contributed by atoms with E-state index in [0.717, 1.165) is 18.7 Å². The van der Waals surface area contributed by atoms with Crippen LogP contribution in [0.2, 0.25) is 5.02 Å². The maximum atomic E-state index is 12.4. The van der Waals surface area contributed by atoms with E-state index in [4.69, 9.17) is 11.6 Å². The third-order valence-corrected chi connectivity index (χ3v) is 3.56. The molecule has 1 aromatic rings. The molecule has 4 nitrogen and oxygen atoms in total. The van der Waals surface area contributed by atoms with Crippen LogP contribution in [-0.4, -0.2) is 23.9 Å². The third kappa shape index (κ3) is 6.64. The minimum absolute atomic E-state index is 0.0932. The Morgan fingerprint density at radius 3 is 2.38 bits per heavy atom. The van der Waals surface area contributed by atoms with Gasteiger partial charge in [0.2, 0.25) is 0 Å². The highest BCUT2D eigenvalue weighted by molar-refractivity contribution is 6.31. The summed E-state index contributed by atoms with van der Waals surface area (Å²) in [6, 6.07) is 7.29. The van der Waals surface area contributed by atoms with Gasteiger partial charge in [-0.25, -0.2) is 0 Å². The molecule has 1 rings (SSSR count). The van der Waals surface area contributed by atoms with Crippen molar-refractivity contribution >= 4 is 23.2 Å². The molecule has 130 valence electrons. The zero-order valence-corrected chi connectivity index (χ0v) is 15.8. The first-order valence-electron chi connectivity index (χ1n) is 8.16. The molecule has 5 heteroatoms. The minimum atomic E-state index is -0.416. The van der Waals surface area contributed by atoms with Crippen molar-refractivity contribution in [2.24, 2.45) is 11.8 Å². The lowest BCUT2D eigenvalue weighted by atomic mass is 10.1. The highest BCUT2D eigenvalue weighted by atomic mass is 35.5. The van der Waals surface area contributed by atoms with Crippen molar-refractivity contribution in [2.45, 2.75) is 34.6 Å². The van der Waals surface area contributed by atoms with Gasteiger partial charge in [0, 0.05) is 30.0 Å². The summed E-state index contributed by atoms with van der Waals surface area (Å²) in [4.78, 5) is 14.5. The molecule has 0 unspecified atom stereocenters. The molecule has 0 aliphatic carbocycles. The molecule has 0 fully saturated rings. The summed E-state index contributed by atoms with van der Waals surface area (Å²) >= 11 is 5.97. The topological polar surface area (TPSA) is 56.1 Å². The second kappa shape index (κ2) is 9.34. The summed E-state index contributed by atoms with van der Waals surface area (Å²) in [7, 11) is 0. The third-order valence-electron chi connectivity index (χ3n) is 3.32. The normalized spacial score (nSPS) is 11.5. The van der Waals surface area contributed by atoms with Crippen molar-refractivity contribution in [2.75, 3.05) is 18.4 Å². The maximum absolute atomic E-state index is 12.4. The monoisotopic (exact) mass is 347 g/mol. The Kier molecular flexibility index (Phi) is 7.81. The van der Waals surface area contributed by atoms with Crippen LogP contribution < -0.4 is 5.32 Å². The molecule has 1 amide bonds. The van der Waals surface area contributed by atoms with Gasteiger partial charge in [0.15, 0.2) is 0 Å². The van der Waals surface area contributed by atoms with Gasteiger partial charge in [-0.1, -0.05) is 45.4 Å². The fourth-order valence-electron chi connectivity index (χ4n) is 2.36. The fourth-order valence-corrected chi connectivity index (χ4v) is 2.53. The summed E-state index contributed by atoms with van der Waals surface area (Å²) < 4.78 is 0. The number of nitriles is 1. The van der Waals surface area contributed by atoms with Crippen LogP contribution >= 0.6 is 11.6 Å². The maximum Gasteiger partial charge on any atom is 0.267 e. The number of aryl methyl sites for hydroxylation is 1. The predicted molar refractivity (Wildman–Crippen MR) is 99.8 cm³/mol. The Balaban J connectivity index is 2.98. The van der Waals surface area contributed by atoms with E-state index in [1.54, 1.807) is 18.3 Å². The summed E-state index contributed by atoms with van der Waals surface area (Å²) in [5.41, 5.74) is 1.61. The SMILES string of the molecule is Cc1ccc(Cl)cc1NC(=O)/C(C#N)=C\N(CC(C)C)CC(C)C. The van der Waals surface area contributed by atoms with Crippen molar-refractivity contribution in [3.8, 4) is 6.07 Å². The number of amides is 1. The van der Waals surface area contributed by atoms with E-state index >= 15 is 0 Å². The number of carbonyl (C=O) groups excluding carboxylic acids is 1. The van der Waals surface area contributed by atoms with E-state index in [0.29, 0.717) is 22.5 Å². The van der Waals surface area contributed by atoms with E-state index in [1.807, 2.05) is 24.0 Å². The van der Waals surface area contributed by atoms with E-state index in [2.05, 4.69) is 33.0 Å². The lowest BCUT2D eigenvalue weighted by molar-refractivity contribution is -0.112. The van der Waals surface area contributed by atoms with Crippen LogP contribution in [0.25, 0.3) is 0 Å². The van der Waals surface area contributed by atoms with Crippen LogP contribution in [0.5, 0.6) is 0 Å². The summed E-state index contributed by atoms with van der Waals surface area (Å²) in [5, 5.41) is 12.7. The second-order valence-electron chi connectivity index (χ2n) is 6.81. The Morgan fingerprint density at radius 2 is 1.88 bits per heavy atom. The van der Waals surface area contributed by atoms with Gasteiger partial charge in [0.25, 0.3) is 5.91 Å². The quantitative estimate of drug-likeness (QED) is 0.579. The molecule has 0 heterocycles. The molecule has 0 atom stereocenters. The Bertz CT molecular complexity index is 635. The molecule has 1 N–H and O–H groups in total. The van der Waals surface area contributed by atoms with Crippen LogP contribution in [0, 0.1) is 30.1 Å². The van der Waals surface area contributed by atoms with E-state index in [1.165, 1.54) is 0 Å². The van der Waals surface area contributed by atoms with Crippen LogP contribution in [-0.2, 0) is 4.79 Å². The van der Waals surface area contributed by atoms with E-state index in [-0.39, 0.29) is 5.57 Å². The number of hydrogen-bond donors (Lipinski definition) is 1.